The van der Waals surface area contributed by atoms with Crippen LogP contribution in [0.2, 0.25) is 0 Å². The Morgan fingerprint density at radius 3 is 1.63 bits per heavy atom. The van der Waals surface area contributed by atoms with Gasteiger partial charge in [0.15, 0.2) is 0 Å². The average Bonchev–Trinajstić information content (AvgIpc) is 3.18. The number of carbonyl (C=O) groups is 2. The molecule has 1 aliphatic heterocycles. The van der Waals surface area contributed by atoms with Crippen molar-refractivity contribution in [2.75, 3.05) is 6.61 Å². The molecule has 1 heterocycles. The maximum absolute atomic E-state index is 11.7. The van der Waals surface area contributed by atoms with Crippen LogP contribution in [0.25, 0.3) is 0 Å². The maximum Gasteiger partial charge on any atom is 0.328 e. The molecule has 4 heteroatoms. The van der Waals surface area contributed by atoms with Crippen LogP contribution in [0.4, 0.5) is 0 Å². The van der Waals surface area contributed by atoms with Crippen LogP contribution >= 0.6 is 0 Å². The van der Waals surface area contributed by atoms with Gasteiger partial charge in [0.25, 0.3) is 0 Å². The molecule has 4 nitrogen and oxygen atoms in total. The van der Waals surface area contributed by atoms with Crippen LogP contribution in [-0.2, 0) is 14.3 Å². The predicted octanol–water partition coefficient (Wildman–Crippen LogP) is 7.02. The van der Waals surface area contributed by atoms with Gasteiger partial charge in [-0.1, -0.05) is 102 Å². The van der Waals surface area contributed by atoms with Gasteiger partial charge in [-0.05, 0) is 25.7 Å². The maximum atomic E-state index is 11.7. The number of rotatable bonds is 21. The van der Waals surface area contributed by atoms with Gasteiger partial charge < -0.3 is 10.1 Å². The average molecular weight is 422 g/mol. The number of hydrogen-bond donors (Lipinski definition) is 1. The summed E-state index contributed by atoms with van der Waals surface area (Å²) in [5.41, 5.74) is 0. The van der Waals surface area contributed by atoms with E-state index in [1.54, 1.807) is 0 Å². The first kappa shape index (κ1) is 26.7. The molecule has 0 spiro atoms. The summed E-state index contributed by atoms with van der Waals surface area (Å²) >= 11 is 0. The summed E-state index contributed by atoms with van der Waals surface area (Å²) in [4.78, 5) is 22.8. The fraction of sp³-hybridized carbons (Fsp3) is 0.846. The van der Waals surface area contributed by atoms with Crippen LogP contribution < -0.4 is 5.32 Å². The van der Waals surface area contributed by atoms with Crippen molar-refractivity contribution in [3.8, 4) is 0 Å². The van der Waals surface area contributed by atoms with Crippen LogP contribution in [0, 0.1) is 0 Å². The molecule has 30 heavy (non-hydrogen) atoms. The summed E-state index contributed by atoms with van der Waals surface area (Å²) in [7, 11) is 0. The van der Waals surface area contributed by atoms with Crippen molar-refractivity contribution in [1.29, 1.82) is 0 Å². The van der Waals surface area contributed by atoms with E-state index in [-0.39, 0.29) is 11.9 Å². The Morgan fingerprint density at radius 2 is 1.23 bits per heavy atom. The molecule has 1 rings (SSSR count). The number of nitrogens with one attached hydrogen (secondary N) is 1. The van der Waals surface area contributed by atoms with Crippen LogP contribution in [0.1, 0.15) is 128 Å². The van der Waals surface area contributed by atoms with Crippen LogP contribution in [-0.4, -0.2) is 24.5 Å². The third-order valence-corrected chi connectivity index (χ3v) is 6.08. The molecule has 1 N–H and O–H groups in total. The molecule has 1 fully saturated rings. The van der Waals surface area contributed by atoms with Crippen molar-refractivity contribution in [2.24, 2.45) is 0 Å². The zero-order chi connectivity index (χ0) is 21.7. The standard InChI is InChI=1S/C26H47NO3/c1-2-3-4-5-6-7-8-9-10-11-12-13-14-15-16-17-18-19-20-23-30-26(29)24-21-22-25(28)27-24/h2,24H,1,3-23H2,(H,27,28)/t24-/m0/s1. The molecule has 0 aromatic rings. The summed E-state index contributed by atoms with van der Waals surface area (Å²) < 4.78 is 5.25. The zero-order valence-corrected chi connectivity index (χ0v) is 19.4. The molecule has 0 aromatic carbocycles. The minimum atomic E-state index is -0.407. The van der Waals surface area contributed by atoms with Gasteiger partial charge in [0.05, 0.1) is 6.61 Å². The number of unbranched alkanes of at least 4 members (excludes halogenated alkanes) is 17. The van der Waals surface area contributed by atoms with Gasteiger partial charge in [0, 0.05) is 6.42 Å². The number of allylic oxidation sites excluding steroid dienone is 1. The zero-order valence-electron chi connectivity index (χ0n) is 19.4. The van der Waals surface area contributed by atoms with Crippen molar-refractivity contribution < 1.29 is 14.3 Å². The van der Waals surface area contributed by atoms with Gasteiger partial charge >= 0.3 is 5.97 Å². The van der Waals surface area contributed by atoms with Crippen LogP contribution in [0.15, 0.2) is 12.7 Å². The van der Waals surface area contributed by atoms with E-state index in [0.717, 1.165) is 12.8 Å². The summed E-state index contributed by atoms with van der Waals surface area (Å²) in [5, 5.41) is 2.65. The molecule has 1 aliphatic rings. The predicted molar refractivity (Wildman–Crippen MR) is 125 cm³/mol. The molecule has 1 atom stereocenters. The number of ether oxygens (including phenoxy) is 1. The lowest BCUT2D eigenvalue weighted by atomic mass is 10.0. The second-order valence-electron chi connectivity index (χ2n) is 8.91. The van der Waals surface area contributed by atoms with Crippen molar-refractivity contribution in [1.82, 2.24) is 5.32 Å². The number of carbonyl (C=O) groups excluding carboxylic acids is 2. The molecular formula is C26H47NO3. The second-order valence-corrected chi connectivity index (χ2v) is 8.91. The highest BCUT2D eigenvalue weighted by molar-refractivity contribution is 5.87. The molecule has 0 radical (unpaired) electrons. The largest absolute Gasteiger partial charge is 0.464 e. The van der Waals surface area contributed by atoms with Crippen molar-refractivity contribution in [3.63, 3.8) is 0 Å². The second kappa shape index (κ2) is 19.6. The Hall–Kier alpha value is -1.32. The lowest BCUT2D eigenvalue weighted by Gasteiger charge is -2.09. The van der Waals surface area contributed by atoms with E-state index in [9.17, 15) is 9.59 Å². The Balaban J connectivity index is 1.69. The Labute approximate surface area is 185 Å². The molecule has 0 saturated carbocycles. The van der Waals surface area contributed by atoms with E-state index in [2.05, 4.69) is 11.9 Å². The third-order valence-electron chi connectivity index (χ3n) is 6.08. The van der Waals surface area contributed by atoms with Gasteiger partial charge in [0.1, 0.15) is 6.04 Å². The number of amides is 1. The number of hydrogen-bond acceptors (Lipinski definition) is 3. The molecule has 0 bridgehead atoms. The van der Waals surface area contributed by atoms with Crippen molar-refractivity contribution in [2.45, 2.75) is 134 Å². The minimum Gasteiger partial charge on any atom is -0.464 e. The monoisotopic (exact) mass is 421 g/mol. The first-order valence-electron chi connectivity index (χ1n) is 12.8. The van der Waals surface area contributed by atoms with Crippen LogP contribution in [0.3, 0.4) is 0 Å². The lowest BCUT2D eigenvalue weighted by Crippen LogP contribution is -2.34. The molecule has 0 unspecified atom stereocenters. The number of esters is 1. The van der Waals surface area contributed by atoms with Gasteiger partial charge in [-0.3, -0.25) is 4.79 Å². The molecule has 174 valence electrons. The van der Waals surface area contributed by atoms with Gasteiger partial charge in [0.2, 0.25) is 5.91 Å². The van der Waals surface area contributed by atoms with Crippen molar-refractivity contribution in [3.05, 3.63) is 12.7 Å². The van der Waals surface area contributed by atoms with E-state index >= 15 is 0 Å². The van der Waals surface area contributed by atoms with E-state index in [0.29, 0.717) is 19.4 Å². The topological polar surface area (TPSA) is 55.4 Å². The fourth-order valence-electron chi connectivity index (χ4n) is 4.11. The molecule has 1 saturated heterocycles. The first-order valence-corrected chi connectivity index (χ1v) is 12.8. The SMILES string of the molecule is C=CCCCCCCCCCCCCCCCCCCCOC(=O)[C@@H]1CCC(=O)N1. The smallest absolute Gasteiger partial charge is 0.328 e. The summed E-state index contributed by atoms with van der Waals surface area (Å²) in [6.07, 6.45) is 26.9. The molecular weight excluding hydrogens is 374 g/mol. The molecule has 0 aliphatic carbocycles. The van der Waals surface area contributed by atoms with Crippen molar-refractivity contribution >= 4 is 11.9 Å². The van der Waals surface area contributed by atoms with E-state index in [1.807, 2.05) is 6.08 Å². The van der Waals surface area contributed by atoms with E-state index < -0.39 is 6.04 Å². The highest BCUT2D eigenvalue weighted by Gasteiger charge is 2.28. The third kappa shape index (κ3) is 15.5. The van der Waals surface area contributed by atoms with E-state index in [4.69, 9.17) is 4.74 Å². The molecule has 0 aromatic heterocycles. The Bertz CT molecular complexity index is 450. The van der Waals surface area contributed by atoms with Gasteiger partial charge in [-0.15, -0.1) is 6.58 Å². The summed E-state index contributed by atoms with van der Waals surface area (Å²) in [5.74, 6) is -0.307. The van der Waals surface area contributed by atoms with E-state index in [1.165, 1.54) is 103 Å². The summed E-state index contributed by atoms with van der Waals surface area (Å²) in [6, 6.07) is -0.407. The summed E-state index contributed by atoms with van der Waals surface area (Å²) in [6.45, 7) is 4.26. The fourth-order valence-corrected chi connectivity index (χ4v) is 4.11. The Morgan fingerprint density at radius 1 is 0.800 bits per heavy atom. The quantitative estimate of drug-likeness (QED) is 0.123. The highest BCUT2D eigenvalue weighted by atomic mass is 16.5. The normalized spacial score (nSPS) is 15.9. The Kier molecular flexibility index (Phi) is 17.5. The minimum absolute atomic E-state index is 0.0435. The molecule has 1 amide bonds. The lowest BCUT2D eigenvalue weighted by molar-refractivity contribution is -0.146. The van der Waals surface area contributed by atoms with Gasteiger partial charge in [-0.2, -0.15) is 0 Å². The van der Waals surface area contributed by atoms with Gasteiger partial charge in [-0.25, -0.2) is 4.79 Å². The van der Waals surface area contributed by atoms with Crippen LogP contribution in [0.5, 0.6) is 0 Å². The highest BCUT2D eigenvalue weighted by Crippen LogP contribution is 2.14. The first-order chi connectivity index (χ1) is 14.7.